The van der Waals surface area contributed by atoms with E-state index in [1.807, 2.05) is 18.2 Å². The van der Waals surface area contributed by atoms with Crippen LogP contribution in [0.25, 0.3) is 0 Å². The summed E-state index contributed by atoms with van der Waals surface area (Å²) >= 11 is 0. The van der Waals surface area contributed by atoms with E-state index in [0.29, 0.717) is 18.4 Å². The normalized spacial score (nSPS) is 10.3. The van der Waals surface area contributed by atoms with Crippen molar-refractivity contribution >= 4 is 11.9 Å². The van der Waals surface area contributed by atoms with Crippen LogP contribution >= 0.6 is 0 Å². The number of esters is 1. The number of pyridine rings is 1. The minimum Gasteiger partial charge on any atom is -0.487 e. The van der Waals surface area contributed by atoms with E-state index in [9.17, 15) is 18.4 Å². The lowest BCUT2D eigenvalue weighted by Gasteiger charge is -2.09. The van der Waals surface area contributed by atoms with Crippen LogP contribution in [0.1, 0.15) is 21.6 Å². The van der Waals surface area contributed by atoms with Crippen LogP contribution in [-0.2, 0) is 22.7 Å². The Kier molecular flexibility index (Phi) is 7.05. The number of nitrogens with zero attached hydrogens (tertiary/aromatic N) is 1. The van der Waals surface area contributed by atoms with E-state index < -0.39 is 30.1 Å². The first-order valence-corrected chi connectivity index (χ1v) is 9.02. The maximum absolute atomic E-state index is 13.5. The third kappa shape index (κ3) is 6.10. The van der Waals surface area contributed by atoms with Gasteiger partial charge in [-0.2, -0.15) is 0 Å². The standard InChI is InChI=1S/C22H18F2N2O4/c23-16-6-9-19(20(24)11-16)22(28)26-12-21(27)30-13-15-4-7-18(8-5-15)29-14-17-3-1-2-10-25-17/h1-11H,12-14H2,(H,26,28). The number of benzene rings is 2. The van der Waals surface area contributed by atoms with Crippen molar-refractivity contribution in [1.29, 1.82) is 0 Å². The van der Waals surface area contributed by atoms with Crippen LogP contribution < -0.4 is 10.1 Å². The molecule has 3 aromatic rings. The van der Waals surface area contributed by atoms with Gasteiger partial charge in [-0.1, -0.05) is 18.2 Å². The maximum Gasteiger partial charge on any atom is 0.325 e. The molecule has 1 heterocycles. The zero-order chi connectivity index (χ0) is 21.3. The number of hydrogen-bond donors (Lipinski definition) is 1. The molecule has 0 aliphatic rings. The Labute approximate surface area is 171 Å². The van der Waals surface area contributed by atoms with Crippen LogP contribution in [0.2, 0.25) is 0 Å². The third-order valence-corrected chi connectivity index (χ3v) is 4.01. The SMILES string of the molecule is O=C(CNC(=O)c1ccc(F)cc1F)OCc1ccc(OCc2ccccn2)cc1. The molecule has 1 amide bonds. The first-order valence-electron chi connectivity index (χ1n) is 9.02. The number of rotatable bonds is 8. The van der Waals surface area contributed by atoms with Gasteiger partial charge in [0.1, 0.15) is 37.1 Å². The second kappa shape index (κ2) is 10.1. The van der Waals surface area contributed by atoms with E-state index in [1.54, 1.807) is 30.5 Å². The molecule has 6 nitrogen and oxygen atoms in total. The van der Waals surface area contributed by atoms with Crippen LogP contribution in [-0.4, -0.2) is 23.4 Å². The van der Waals surface area contributed by atoms with Gasteiger partial charge in [0, 0.05) is 12.3 Å². The molecule has 30 heavy (non-hydrogen) atoms. The fraction of sp³-hybridized carbons (Fsp3) is 0.136. The molecule has 3 rings (SSSR count). The van der Waals surface area contributed by atoms with Gasteiger partial charge in [0.2, 0.25) is 0 Å². The van der Waals surface area contributed by atoms with Gasteiger partial charge in [-0.3, -0.25) is 14.6 Å². The Morgan fingerprint density at radius 3 is 2.47 bits per heavy atom. The highest BCUT2D eigenvalue weighted by Gasteiger charge is 2.14. The van der Waals surface area contributed by atoms with Gasteiger partial charge in [-0.15, -0.1) is 0 Å². The Hall–Kier alpha value is -3.81. The lowest BCUT2D eigenvalue weighted by molar-refractivity contribution is -0.143. The van der Waals surface area contributed by atoms with Crippen molar-refractivity contribution in [3.8, 4) is 5.75 Å². The molecule has 0 saturated heterocycles. The minimum atomic E-state index is -1.01. The molecule has 0 atom stereocenters. The summed E-state index contributed by atoms with van der Waals surface area (Å²) in [5.74, 6) is -2.69. The number of ether oxygens (including phenoxy) is 2. The van der Waals surface area contributed by atoms with E-state index in [0.717, 1.165) is 23.4 Å². The molecule has 0 radical (unpaired) electrons. The van der Waals surface area contributed by atoms with Crippen molar-refractivity contribution in [2.45, 2.75) is 13.2 Å². The molecule has 154 valence electrons. The number of hydrogen-bond acceptors (Lipinski definition) is 5. The number of amides is 1. The van der Waals surface area contributed by atoms with E-state index >= 15 is 0 Å². The van der Waals surface area contributed by atoms with Gasteiger partial charge >= 0.3 is 5.97 Å². The van der Waals surface area contributed by atoms with E-state index in [-0.39, 0.29) is 12.2 Å². The molecular formula is C22H18F2N2O4. The second-order valence-electron chi connectivity index (χ2n) is 6.22. The molecule has 0 bridgehead atoms. The van der Waals surface area contributed by atoms with Crippen molar-refractivity contribution in [1.82, 2.24) is 10.3 Å². The Morgan fingerprint density at radius 1 is 0.967 bits per heavy atom. The lowest BCUT2D eigenvalue weighted by Crippen LogP contribution is -2.31. The smallest absolute Gasteiger partial charge is 0.325 e. The Bertz CT molecular complexity index is 1010. The van der Waals surface area contributed by atoms with Crippen LogP contribution in [0.5, 0.6) is 5.75 Å². The first-order chi connectivity index (χ1) is 14.5. The summed E-state index contributed by atoms with van der Waals surface area (Å²) in [6.07, 6.45) is 1.69. The zero-order valence-electron chi connectivity index (χ0n) is 15.8. The zero-order valence-corrected chi connectivity index (χ0v) is 15.8. The molecule has 0 aliphatic carbocycles. The van der Waals surface area contributed by atoms with Crippen LogP contribution in [0.3, 0.4) is 0 Å². The Balaban J connectivity index is 1.41. The topological polar surface area (TPSA) is 77.5 Å². The van der Waals surface area contributed by atoms with Crippen molar-refractivity contribution in [2.24, 2.45) is 0 Å². The fourth-order valence-corrected chi connectivity index (χ4v) is 2.46. The number of nitrogens with one attached hydrogen (secondary N) is 1. The average Bonchev–Trinajstić information content (AvgIpc) is 2.76. The highest BCUT2D eigenvalue weighted by Crippen LogP contribution is 2.14. The maximum atomic E-state index is 13.5. The van der Waals surface area contributed by atoms with Crippen LogP contribution in [0, 0.1) is 11.6 Å². The molecule has 8 heteroatoms. The summed E-state index contributed by atoms with van der Waals surface area (Å²) in [5.41, 5.74) is 1.17. The number of carbonyl (C=O) groups is 2. The minimum absolute atomic E-state index is 0.000133. The third-order valence-electron chi connectivity index (χ3n) is 4.01. The molecule has 0 unspecified atom stereocenters. The van der Waals surface area contributed by atoms with Gasteiger partial charge in [0.25, 0.3) is 5.91 Å². The highest BCUT2D eigenvalue weighted by atomic mass is 19.1. The summed E-state index contributed by atoms with van der Waals surface area (Å²) in [4.78, 5) is 27.8. The van der Waals surface area contributed by atoms with Gasteiger partial charge in [-0.25, -0.2) is 8.78 Å². The van der Waals surface area contributed by atoms with Crippen molar-refractivity contribution in [3.05, 3.63) is 95.3 Å². The van der Waals surface area contributed by atoms with Gasteiger partial charge in [0.15, 0.2) is 0 Å². The van der Waals surface area contributed by atoms with E-state index in [1.165, 1.54) is 0 Å². The molecule has 1 N–H and O–H groups in total. The quantitative estimate of drug-likeness (QED) is 0.574. The summed E-state index contributed by atoms with van der Waals surface area (Å²) < 4.78 is 37.1. The molecule has 1 aromatic heterocycles. The molecule has 0 saturated carbocycles. The summed E-state index contributed by atoms with van der Waals surface area (Å²) in [6.45, 7) is -0.107. The highest BCUT2D eigenvalue weighted by molar-refractivity contribution is 5.96. The monoisotopic (exact) mass is 412 g/mol. The van der Waals surface area contributed by atoms with Crippen molar-refractivity contribution in [2.75, 3.05) is 6.54 Å². The largest absolute Gasteiger partial charge is 0.487 e. The fourth-order valence-electron chi connectivity index (χ4n) is 2.46. The Morgan fingerprint density at radius 2 is 1.77 bits per heavy atom. The van der Waals surface area contributed by atoms with Crippen molar-refractivity contribution < 1.29 is 27.8 Å². The molecule has 0 spiro atoms. The molecule has 0 fully saturated rings. The molecule has 0 aliphatic heterocycles. The summed E-state index contributed by atoms with van der Waals surface area (Å²) in [5, 5.41) is 2.23. The first kappa shape index (κ1) is 20.9. The van der Waals surface area contributed by atoms with E-state index in [2.05, 4.69) is 10.3 Å². The number of aromatic nitrogens is 1. The second-order valence-corrected chi connectivity index (χ2v) is 6.22. The van der Waals surface area contributed by atoms with E-state index in [4.69, 9.17) is 9.47 Å². The predicted molar refractivity (Wildman–Crippen MR) is 103 cm³/mol. The van der Waals surface area contributed by atoms with Gasteiger partial charge in [0.05, 0.1) is 11.3 Å². The van der Waals surface area contributed by atoms with Gasteiger partial charge in [-0.05, 0) is 42.0 Å². The van der Waals surface area contributed by atoms with Gasteiger partial charge < -0.3 is 14.8 Å². The number of carbonyl (C=O) groups excluding carboxylic acids is 2. The summed E-state index contributed by atoms with van der Waals surface area (Å²) in [7, 11) is 0. The van der Waals surface area contributed by atoms with Crippen LogP contribution in [0.15, 0.2) is 66.9 Å². The average molecular weight is 412 g/mol. The number of halogens is 2. The molecule has 2 aromatic carbocycles. The van der Waals surface area contributed by atoms with Crippen molar-refractivity contribution in [3.63, 3.8) is 0 Å². The predicted octanol–water partition coefficient (Wildman–Crippen LogP) is 3.41. The molecular weight excluding hydrogens is 394 g/mol. The summed E-state index contributed by atoms with van der Waals surface area (Å²) in [6, 6.07) is 15.1. The van der Waals surface area contributed by atoms with Crippen LogP contribution in [0.4, 0.5) is 8.78 Å². The lowest BCUT2D eigenvalue weighted by atomic mass is 10.2.